The molecule has 30 heavy (non-hydrogen) atoms. The van der Waals surface area contributed by atoms with Crippen LogP contribution in [0.1, 0.15) is 25.2 Å². The average molecular weight is 409 g/mol. The van der Waals surface area contributed by atoms with Crippen LogP contribution in [0.25, 0.3) is 22.6 Å². The molecule has 3 aromatic heterocycles. The smallest absolute Gasteiger partial charge is 0.332 e. The minimum atomic E-state index is -0.564. The Hall–Kier alpha value is -3.62. The van der Waals surface area contributed by atoms with Crippen molar-refractivity contribution < 1.29 is 9.53 Å². The largest absolute Gasteiger partial charge is 0.494 e. The number of hydrogen-bond acceptors (Lipinski definition) is 5. The molecule has 3 heterocycles. The summed E-state index contributed by atoms with van der Waals surface area (Å²) in [5.74, 6) is 1.02. The molecule has 0 radical (unpaired) electrons. The Balaban J connectivity index is 2.07. The van der Waals surface area contributed by atoms with Crippen LogP contribution in [0.15, 0.2) is 33.9 Å². The summed E-state index contributed by atoms with van der Waals surface area (Å²) in [6, 6.07) is 7.60. The third kappa shape index (κ3) is 2.77. The monoisotopic (exact) mass is 409 g/mol. The summed E-state index contributed by atoms with van der Waals surface area (Å²) in [5, 5.41) is 0. The third-order valence-electron chi connectivity index (χ3n) is 5.31. The van der Waals surface area contributed by atoms with Crippen LogP contribution >= 0.6 is 0 Å². The lowest BCUT2D eigenvalue weighted by atomic mass is 10.3. The van der Waals surface area contributed by atoms with Gasteiger partial charge < -0.3 is 4.74 Å². The predicted molar refractivity (Wildman–Crippen MR) is 113 cm³/mol. The SMILES string of the molecule is CCOc1ccc(-n2c(C)c(C)n3c4c(=O)n(CC(C)=O)c(=O)n(C)c4nc23)cc1. The van der Waals surface area contributed by atoms with Crippen LogP contribution in [0.5, 0.6) is 5.75 Å². The number of aryl methyl sites for hydroxylation is 2. The van der Waals surface area contributed by atoms with Crippen molar-refractivity contribution in [3.63, 3.8) is 0 Å². The van der Waals surface area contributed by atoms with Crippen LogP contribution in [0.2, 0.25) is 0 Å². The summed E-state index contributed by atoms with van der Waals surface area (Å²) in [7, 11) is 1.55. The number of ketones is 1. The topological polar surface area (TPSA) is 92.5 Å². The highest BCUT2D eigenvalue weighted by molar-refractivity contribution is 5.79. The van der Waals surface area contributed by atoms with Crippen molar-refractivity contribution in [2.45, 2.75) is 34.2 Å². The number of carbonyl (C=O) groups excluding carboxylic acids is 1. The highest BCUT2D eigenvalue weighted by Crippen LogP contribution is 2.25. The van der Waals surface area contributed by atoms with Gasteiger partial charge in [0.25, 0.3) is 5.56 Å². The number of fused-ring (bicyclic) bond motifs is 3. The Kier molecular flexibility index (Phi) is 4.60. The van der Waals surface area contributed by atoms with Crippen LogP contribution in [0.3, 0.4) is 0 Å². The highest BCUT2D eigenvalue weighted by Gasteiger charge is 2.23. The zero-order chi connectivity index (χ0) is 21.7. The van der Waals surface area contributed by atoms with Crippen molar-refractivity contribution in [3.05, 3.63) is 56.5 Å². The van der Waals surface area contributed by atoms with E-state index in [9.17, 15) is 14.4 Å². The van der Waals surface area contributed by atoms with Gasteiger partial charge in [-0.15, -0.1) is 0 Å². The fourth-order valence-corrected chi connectivity index (χ4v) is 3.78. The van der Waals surface area contributed by atoms with Gasteiger partial charge in [-0.25, -0.2) is 4.79 Å². The second kappa shape index (κ2) is 7.01. The van der Waals surface area contributed by atoms with Crippen LogP contribution < -0.4 is 16.0 Å². The number of ether oxygens (including phenoxy) is 1. The Morgan fingerprint density at radius 2 is 1.77 bits per heavy atom. The van der Waals surface area contributed by atoms with E-state index in [0.29, 0.717) is 12.4 Å². The molecule has 0 aliphatic heterocycles. The van der Waals surface area contributed by atoms with Gasteiger partial charge in [-0.2, -0.15) is 4.98 Å². The molecule has 0 fully saturated rings. The van der Waals surface area contributed by atoms with Gasteiger partial charge in [-0.1, -0.05) is 0 Å². The lowest BCUT2D eigenvalue weighted by Crippen LogP contribution is -2.40. The van der Waals surface area contributed by atoms with E-state index in [4.69, 9.17) is 4.74 Å². The Bertz CT molecular complexity index is 1420. The molecule has 0 spiro atoms. The average Bonchev–Trinajstić information content (AvgIpc) is 3.20. The van der Waals surface area contributed by atoms with E-state index in [1.54, 1.807) is 11.4 Å². The van der Waals surface area contributed by atoms with Gasteiger partial charge in [0.1, 0.15) is 11.5 Å². The first-order valence-corrected chi connectivity index (χ1v) is 9.68. The van der Waals surface area contributed by atoms with Crippen LogP contribution in [-0.2, 0) is 18.4 Å². The normalized spacial score (nSPS) is 11.5. The molecule has 0 N–H and O–H groups in total. The van der Waals surface area contributed by atoms with Gasteiger partial charge in [-0.3, -0.25) is 27.7 Å². The number of aromatic nitrogens is 5. The first-order chi connectivity index (χ1) is 14.3. The maximum absolute atomic E-state index is 13.1. The molecule has 0 atom stereocenters. The second-order valence-electron chi connectivity index (χ2n) is 7.29. The molecule has 0 aliphatic rings. The maximum Gasteiger partial charge on any atom is 0.332 e. The minimum absolute atomic E-state index is 0.269. The fourth-order valence-electron chi connectivity index (χ4n) is 3.78. The molecule has 156 valence electrons. The number of hydrogen-bond donors (Lipinski definition) is 0. The van der Waals surface area contributed by atoms with Crippen molar-refractivity contribution in [3.8, 4) is 11.4 Å². The summed E-state index contributed by atoms with van der Waals surface area (Å²) in [4.78, 5) is 42.0. The van der Waals surface area contributed by atoms with Gasteiger partial charge in [0.2, 0.25) is 5.78 Å². The molecule has 0 saturated heterocycles. The molecule has 0 amide bonds. The molecule has 0 unspecified atom stereocenters. The van der Waals surface area contributed by atoms with Gasteiger partial charge in [0, 0.05) is 24.1 Å². The van der Waals surface area contributed by atoms with Crippen molar-refractivity contribution in [1.82, 2.24) is 23.1 Å². The number of carbonyl (C=O) groups is 1. The molecule has 1 aromatic carbocycles. The third-order valence-corrected chi connectivity index (χ3v) is 5.31. The summed E-state index contributed by atoms with van der Waals surface area (Å²) < 4.78 is 11.5. The molecule has 4 aromatic rings. The summed E-state index contributed by atoms with van der Waals surface area (Å²) in [6.07, 6.45) is 0. The summed E-state index contributed by atoms with van der Waals surface area (Å²) >= 11 is 0. The fraction of sp³-hybridized carbons (Fsp3) is 0.333. The zero-order valence-corrected chi connectivity index (χ0v) is 17.6. The molecule has 0 aliphatic carbocycles. The number of imidazole rings is 2. The zero-order valence-electron chi connectivity index (χ0n) is 17.6. The molecule has 9 heteroatoms. The van der Waals surface area contributed by atoms with Crippen molar-refractivity contribution in [1.29, 1.82) is 0 Å². The van der Waals surface area contributed by atoms with Gasteiger partial charge in [0.05, 0.1) is 13.2 Å². The minimum Gasteiger partial charge on any atom is -0.494 e. The highest BCUT2D eigenvalue weighted by atomic mass is 16.5. The molecular weight excluding hydrogens is 386 g/mol. The second-order valence-corrected chi connectivity index (χ2v) is 7.29. The lowest BCUT2D eigenvalue weighted by Gasteiger charge is -2.08. The summed E-state index contributed by atoms with van der Waals surface area (Å²) in [5.41, 5.74) is 2.06. The van der Waals surface area contributed by atoms with E-state index in [1.807, 2.05) is 49.6 Å². The molecule has 9 nitrogen and oxygen atoms in total. The van der Waals surface area contributed by atoms with Gasteiger partial charge in [-0.05, 0) is 52.0 Å². The van der Waals surface area contributed by atoms with Crippen molar-refractivity contribution in [2.75, 3.05) is 6.61 Å². The van der Waals surface area contributed by atoms with Crippen LogP contribution in [0, 0.1) is 13.8 Å². The molecular formula is C21H23N5O4. The number of benzene rings is 1. The molecule has 0 bridgehead atoms. The molecule has 4 rings (SSSR count). The van der Waals surface area contributed by atoms with Crippen molar-refractivity contribution >= 4 is 22.7 Å². The lowest BCUT2D eigenvalue weighted by molar-refractivity contribution is -0.117. The standard InChI is InChI=1S/C21H23N5O4/c1-6-30-16-9-7-15(8-10-16)25-13(3)14(4)26-17-18(22-20(25)26)23(5)21(29)24(19(17)28)11-12(2)27/h7-10H,6,11H2,1-5H3. The Morgan fingerprint density at radius 3 is 2.37 bits per heavy atom. The van der Waals surface area contributed by atoms with Crippen LogP contribution in [0.4, 0.5) is 0 Å². The van der Waals surface area contributed by atoms with E-state index < -0.39 is 11.2 Å². The van der Waals surface area contributed by atoms with Gasteiger partial charge in [0.15, 0.2) is 11.2 Å². The van der Waals surface area contributed by atoms with Gasteiger partial charge >= 0.3 is 5.69 Å². The van der Waals surface area contributed by atoms with E-state index in [-0.39, 0.29) is 23.5 Å². The molecule has 0 saturated carbocycles. The van der Waals surface area contributed by atoms with Crippen molar-refractivity contribution in [2.24, 2.45) is 7.05 Å². The van der Waals surface area contributed by atoms with E-state index in [2.05, 4.69) is 4.98 Å². The Labute approximate surface area is 171 Å². The first kappa shape index (κ1) is 19.7. The van der Waals surface area contributed by atoms with E-state index in [0.717, 1.165) is 27.4 Å². The Morgan fingerprint density at radius 1 is 1.10 bits per heavy atom. The number of Topliss-reactive ketones (excluding diaryl/α,β-unsaturated/α-hetero) is 1. The van der Waals surface area contributed by atoms with E-state index in [1.165, 1.54) is 11.5 Å². The number of nitrogens with zero attached hydrogens (tertiary/aromatic N) is 5. The van der Waals surface area contributed by atoms with Crippen LogP contribution in [-0.4, -0.2) is 35.5 Å². The first-order valence-electron chi connectivity index (χ1n) is 9.68. The predicted octanol–water partition coefficient (Wildman–Crippen LogP) is 1.74. The maximum atomic E-state index is 13.1. The number of rotatable bonds is 5. The van der Waals surface area contributed by atoms with E-state index >= 15 is 0 Å². The quantitative estimate of drug-likeness (QED) is 0.501. The summed E-state index contributed by atoms with van der Waals surface area (Å²) in [6.45, 7) is 7.43.